The molecule has 1 saturated heterocycles. The highest BCUT2D eigenvalue weighted by Gasteiger charge is 2.30. The van der Waals surface area contributed by atoms with Crippen LogP contribution in [-0.4, -0.2) is 39.3 Å². The van der Waals surface area contributed by atoms with Crippen LogP contribution in [0.4, 0.5) is 30.6 Å². The van der Waals surface area contributed by atoms with Crippen LogP contribution in [0.5, 0.6) is 0 Å². The molecule has 1 aromatic carbocycles. The number of hydrogen-bond donors (Lipinski definition) is 3. The lowest BCUT2D eigenvalue weighted by atomic mass is 10.1. The number of hydrogen-bond acceptors (Lipinski definition) is 6. The predicted octanol–water partition coefficient (Wildman–Crippen LogP) is 3.80. The van der Waals surface area contributed by atoms with Gasteiger partial charge in [-0.25, -0.2) is 4.98 Å². The summed E-state index contributed by atoms with van der Waals surface area (Å²) in [5.41, 5.74) is -0.803. The molecule has 1 fully saturated rings. The largest absolute Gasteiger partial charge is 0.416 e. The van der Waals surface area contributed by atoms with Gasteiger partial charge in [-0.2, -0.15) is 18.2 Å². The zero-order valence-corrected chi connectivity index (χ0v) is 17.1. The van der Waals surface area contributed by atoms with E-state index in [9.17, 15) is 23.1 Å². The average molecular weight is 484 g/mol. The third-order valence-corrected chi connectivity index (χ3v) is 5.48. The third-order valence-electron chi connectivity index (χ3n) is 4.88. The minimum absolute atomic E-state index is 0.1000. The number of fused-ring (bicyclic) bond motifs is 1. The molecular weight excluding hydrogens is 467 g/mol. The number of nitrogens with one attached hydrogen (secondary N) is 2. The molecule has 0 bridgehead atoms. The van der Waals surface area contributed by atoms with Gasteiger partial charge in [0, 0.05) is 25.0 Å². The van der Waals surface area contributed by atoms with Crippen molar-refractivity contribution in [3.05, 3.63) is 50.9 Å². The maximum Gasteiger partial charge on any atom is 0.416 e. The molecule has 0 saturated carbocycles. The number of aliphatic hydroxyl groups excluding tert-OH is 1. The lowest BCUT2D eigenvalue weighted by molar-refractivity contribution is -0.137. The zero-order valence-electron chi connectivity index (χ0n) is 15.5. The van der Waals surface area contributed by atoms with Crippen LogP contribution >= 0.6 is 15.9 Å². The summed E-state index contributed by atoms with van der Waals surface area (Å²) < 4.78 is 39.7. The van der Waals surface area contributed by atoms with Crippen LogP contribution in [0.1, 0.15) is 18.4 Å². The van der Waals surface area contributed by atoms with E-state index in [1.807, 2.05) is 4.90 Å². The first-order valence-electron chi connectivity index (χ1n) is 9.18. The topological polar surface area (TPSA) is 94.1 Å². The second kappa shape index (κ2) is 7.88. The summed E-state index contributed by atoms with van der Waals surface area (Å²) in [6.45, 7) is 1.05. The van der Waals surface area contributed by atoms with Crippen LogP contribution in [-0.2, 0) is 6.18 Å². The summed E-state index contributed by atoms with van der Waals surface area (Å²) in [5, 5.41) is 12.7. The molecule has 0 atom stereocenters. The third kappa shape index (κ3) is 4.12. The van der Waals surface area contributed by atoms with E-state index in [1.54, 1.807) is 0 Å². The number of pyridine rings is 1. The van der Waals surface area contributed by atoms with Crippen molar-refractivity contribution >= 4 is 44.3 Å². The second-order valence-electron chi connectivity index (χ2n) is 6.98. The fourth-order valence-electron chi connectivity index (χ4n) is 3.31. The highest BCUT2D eigenvalue weighted by molar-refractivity contribution is 9.10. The standard InChI is InChI=1S/C19H17BrF3N5O2/c20-13-9-24-17(30)14-15(13)26-18(28-6-4-12(29)5-7-28)27-16(14)25-11-3-1-2-10(8-11)19(21,22)23/h1-3,8-9,12,29H,4-7H2,(H,24,30)(H,25,26,27). The first-order valence-corrected chi connectivity index (χ1v) is 9.98. The molecule has 3 N–H and O–H groups in total. The Labute approximate surface area is 177 Å². The smallest absolute Gasteiger partial charge is 0.393 e. The van der Waals surface area contributed by atoms with Crippen molar-refractivity contribution in [1.82, 2.24) is 15.0 Å². The van der Waals surface area contributed by atoms with Crippen LogP contribution in [0.15, 0.2) is 39.7 Å². The van der Waals surface area contributed by atoms with Gasteiger partial charge >= 0.3 is 6.18 Å². The molecule has 2 aromatic heterocycles. The van der Waals surface area contributed by atoms with E-state index >= 15 is 0 Å². The van der Waals surface area contributed by atoms with E-state index in [2.05, 4.69) is 36.2 Å². The number of aromatic amines is 1. The Morgan fingerprint density at radius 3 is 2.67 bits per heavy atom. The number of piperidine rings is 1. The maximum absolute atomic E-state index is 13.1. The van der Waals surface area contributed by atoms with Gasteiger partial charge in [0.15, 0.2) is 0 Å². The van der Waals surface area contributed by atoms with Gasteiger partial charge in [0.25, 0.3) is 5.56 Å². The monoisotopic (exact) mass is 483 g/mol. The fourth-order valence-corrected chi connectivity index (χ4v) is 3.72. The van der Waals surface area contributed by atoms with Crippen molar-refractivity contribution in [3.8, 4) is 0 Å². The van der Waals surface area contributed by atoms with E-state index in [-0.39, 0.29) is 23.0 Å². The Kier molecular flexibility index (Phi) is 5.41. The predicted molar refractivity (Wildman–Crippen MR) is 110 cm³/mol. The van der Waals surface area contributed by atoms with Gasteiger partial charge in [-0.05, 0) is 47.0 Å². The van der Waals surface area contributed by atoms with Gasteiger partial charge in [0.1, 0.15) is 11.2 Å². The summed E-state index contributed by atoms with van der Waals surface area (Å²) in [4.78, 5) is 25.8. The number of anilines is 3. The minimum atomic E-state index is -4.49. The van der Waals surface area contributed by atoms with Crippen LogP contribution in [0.2, 0.25) is 0 Å². The molecule has 0 spiro atoms. The van der Waals surface area contributed by atoms with E-state index in [4.69, 9.17) is 0 Å². The summed E-state index contributed by atoms with van der Waals surface area (Å²) in [6, 6.07) is 4.67. The van der Waals surface area contributed by atoms with E-state index in [0.29, 0.717) is 41.9 Å². The van der Waals surface area contributed by atoms with E-state index < -0.39 is 17.3 Å². The Hall–Kier alpha value is -2.66. The summed E-state index contributed by atoms with van der Waals surface area (Å²) in [5.74, 6) is 0.429. The molecule has 1 aliphatic rings. The number of rotatable bonds is 3. The number of aromatic nitrogens is 3. The molecule has 3 heterocycles. The quantitative estimate of drug-likeness (QED) is 0.524. The highest BCUT2D eigenvalue weighted by Crippen LogP contribution is 2.33. The number of aliphatic hydroxyl groups is 1. The van der Waals surface area contributed by atoms with Gasteiger partial charge in [-0.15, -0.1) is 0 Å². The minimum Gasteiger partial charge on any atom is -0.393 e. The molecule has 30 heavy (non-hydrogen) atoms. The molecule has 1 aliphatic heterocycles. The Morgan fingerprint density at radius 1 is 1.23 bits per heavy atom. The van der Waals surface area contributed by atoms with Crippen LogP contribution in [0.25, 0.3) is 10.9 Å². The zero-order chi connectivity index (χ0) is 21.5. The van der Waals surface area contributed by atoms with Gasteiger partial charge < -0.3 is 20.3 Å². The highest BCUT2D eigenvalue weighted by atomic mass is 79.9. The molecule has 0 unspecified atom stereocenters. The first kappa shape index (κ1) is 20.6. The average Bonchev–Trinajstić information content (AvgIpc) is 2.70. The molecule has 158 valence electrons. The molecule has 3 aromatic rings. The molecule has 11 heteroatoms. The van der Waals surface area contributed by atoms with E-state index in [0.717, 1.165) is 12.1 Å². The number of H-pyrrole nitrogens is 1. The number of nitrogens with zero attached hydrogens (tertiary/aromatic N) is 3. The number of benzene rings is 1. The van der Waals surface area contributed by atoms with Crippen molar-refractivity contribution in [3.63, 3.8) is 0 Å². The SMILES string of the molecule is O=c1[nH]cc(Br)c2nc(N3CCC(O)CC3)nc(Nc3cccc(C(F)(F)F)c3)c12. The summed E-state index contributed by atoms with van der Waals surface area (Å²) in [6.07, 6.45) is -2.33. The van der Waals surface area contributed by atoms with Crippen molar-refractivity contribution in [1.29, 1.82) is 0 Å². The normalized spacial score (nSPS) is 15.6. The second-order valence-corrected chi connectivity index (χ2v) is 7.84. The number of halogens is 4. The Morgan fingerprint density at radius 2 is 1.97 bits per heavy atom. The number of alkyl halides is 3. The fraction of sp³-hybridized carbons (Fsp3) is 0.316. The lowest BCUT2D eigenvalue weighted by Crippen LogP contribution is -2.37. The van der Waals surface area contributed by atoms with Crippen molar-refractivity contribution in [2.45, 2.75) is 25.1 Å². The van der Waals surface area contributed by atoms with Crippen LogP contribution in [0.3, 0.4) is 0 Å². The van der Waals surface area contributed by atoms with Gasteiger partial charge in [0.05, 0.1) is 21.7 Å². The molecule has 7 nitrogen and oxygen atoms in total. The van der Waals surface area contributed by atoms with Crippen LogP contribution < -0.4 is 15.8 Å². The molecule has 0 radical (unpaired) electrons. The summed E-state index contributed by atoms with van der Waals surface area (Å²) in [7, 11) is 0. The lowest BCUT2D eigenvalue weighted by Gasteiger charge is -2.30. The summed E-state index contributed by atoms with van der Waals surface area (Å²) >= 11 is 3.36. The first-order chi connectivity index (χ1) is 14.2. The maximum atomic E-state index is 13.1. The van der Waals surface area contributed by atoms with Crippen molar-refractivity contribution in [2.24, 2.45) is 0 Å². The van der Waals surface area contributed by atoms with Gasteiger partial charge in [0.2, 0.25) is 5.95 Å². The Balaban J connectivity index is 1.82. The van der Waals surface area contributed by atoms with Crippen molar-refractivity contribution in [2.75, 3.05) is 23.3 Å². The van der Waals surface area contributed by atoms with Crippen LogP contribution in [0, 0.1) is 0 Å². The molecule has 0 aliphatic carbocycles. The molecule has 0 amide bonds. The van der Waals surface area contributed by atoms with Gasteiger partial charge in [-0.3, -0.25) is 4.79 Å². The van der Waals surface area contributed by atoms with Gasteiger partial charge in [-0.1, -0.05) is 6.07 Å². The van der Waals surface area contributed by atoms with Crippen molar-refractivity contribution < 1.29 is 18.3 Å². The molecular formula is C19H17BrF3N5O2. The van der Waals surface area contributed by atoms with E-state index in [1.165, 1.54) is 18.3 Å². The Bertz CT molecular complexity index is 1140. The molecule has 4 rings (SSSR count).